The molecule has 6 nitrogen and oxygen atoms in total. The van der Waals surface area contributed by atoms with E-state index in [4.69, 9.17) is 5.11 Å². The molecule has 0 aliphatic rings. The number of aromatic nitrogens is 2. The SMILES string of the molecule is Cc1nc(CNC(=O)C(F)(F)F)cnc1C(=O)O. The molecule has 0 radical (unpaired) electrons. The molecule has 1 aromatic heterocycles. The molecule has 1 amide bonds. The second kappa shape index (κ2) is 4.98. The largest absolute Gasteiger partial charge is 0.476 e. The Morgan fingerprint density at radius 2 is 2.06 bits per heavy atom. The van der Waals surface area contributed by atoms with Gasteiger partial charge < -0.3 is 10.4 Å². The lowest BCUT2D eigenvalue weighted by molar-refractivity contribution is -0.173. The zero-order valence-electron chi connectivity index (χ0n) is 9.08. The highest BCUT2D eigenvalue weighted by Gasteiger charge is 2.38. The fourth-order valence-corrected chi connectivity index (χ4v) is 1.10. The lowest BCUT2D eigenvalue weighted by Gasteiger charge is -2.08. The number of hydrogen-bond acceptors (Lipinski definition) is 4. The van der Waals surface area contributed by atoms with Gasteiger partial charge in [0.05, 0.1) is 24.1 Å². The summed E-state index contributed by atoms with van der Waals surface area (Å²) in [7, 11) is 0. The van der Waals surface area contributed by atoms with Crippen molar-refractivity contribution in [3.8, 4) is 0 Å². The molecule has 18 heavy (non-hydrogen) atoms. The first-order valence-electron chi connectivity index (χ1n) is 4.62. The van der Waals surface area contributed by atoms with Crippen molar-refractivity contribution in [2.24, 2.45) is 0 Å². The third kappa shape index (κ3) is 3.40. The lowest BCUT2D eigenvalue weighted by Crippen LogP contribution is -2.36. The van der Waals surface area contributed by atoms with Gasteiger partial charge in [0, 0.05) is 0 Å². The van der Waals surface area contributed by atoms with Crippen molar-refractivity contribution < 1.29 is 27.9 Å². The third-order valence-electron chi connectivity index (χ3n) is 1.89. The van der Waals surface area contributed by atoms with Gasteiger partial charge in [-0.05, 0) is 6.92 Å². The van der Waals surface area contributed by atoms with Crippen molar-refractivity contribution in [1.82, 2.24) is 15.3 Å². The number of carboxylic acid groups (broad SMARTS) is 1. The van der Waals surface area contributed by atoms with Crippen LogP contribution >= 0.6 is 0 Å². The summed E-state index contributed by atoms with van der Waals surface area (Å²) in [5.74, 6) is -3.38. The highest BCUT2D eigenvalue weighted by molar-refractivity contribution is 5.86. The van der Waals surface area contributed by atoms with E-state index in [0.29, 0.717) is 0 Å². The van der Waals surface area contributed by atoms with E-state index in [1.165, 1.54) is 6.92 Å². The molecule has 98 valence electrons. The normalized spacial score (nSPS) is 11.1. The van der Waals surface area contributed by atoms with E-state index in [1.54, 1.807) is 5.32 Å². The molecule has 0 unspecified atom stereocenters. The minimum atomic E-state index is -4.97. The smallest absolute Gasteiger partial charge is 0.471 e. The maximum atomic E-state index is 11.9. The van der Waals surface area contributed by atoms with Crippen LogP contribution in [0.4, 0.5) is 13.2 Å². The highest BCUT2D eigenvalue weighted by atomic mass is 19.4. The summed E-state index contributed by atoms with van der Waals surface area (Å²) in [4.78, 5) is 28.4. The first-order chi connectivity index (χ1) is 8.21. The van der Waals surface area contributed by atoms with Crippen LogP contribution in [-0.4, -0.2) is 33.1 Å². The molecule has 2 N–H and O–H groups in total. The van der Waals surface area contributed by atoms with E-state index >= 15 is 0 Å². The van der Waals surface area contributed by atoms with Crippen molar-refractivity contribution in [3.63, 3.8) is 0 Å². The maximum absolute atomic E-state index is 11.9. The van der Waals surface area contributed by atoms with Crippen LogP contribution in [0.3, 0.4) is 0 Å². The Kier molecular flexibility index (Phi) is 3.84. The molecule has 0 fully saturated rings. The molecule has 0 saturated carbocycles. The fraction of sp³-hybridized carbons (Fsp3) is 0.333. The predicted octanol–water partition coefficient (Wildman–Crippen LogP) is 0.662. The molecule has 0 aromatic carbocycles. The molecule has 0 saturated heterocycles. The molecule has 1 rings (SSSR count). The summed E-state index contributed by atoms with van der Waals surface area (Å²) in [6.45, 7) is 0.873. The summed E-state index contributed by atoms with van der Waals surface area (Å²) in [6.07, 6.45) is -3.98. The van der Waals surface area contributed by atoms with Crippen LogP contribution in [-0.2, 0) is 11.3 Å². The molecule has 1 aromatic rings. The minimum absolute atomic E-state index is 0.0371. The van der Waals surface area contributed by atoms with Crippen molar-refractivity contribution >= 4 is 11.9 Å². The number of amides is 1. The number of nitrogens with zero attached hydrogens (tertiary/aromatic N) is 2. The zero-order valence-corrected chi connectivity index (χ0v) is 9.08. The van der Waals surface area contributed by atoms with Crippen LogP contribution in [0.2, 0.25) is 0 Å². The standard InChI is InChI=1S/C9H8F3N3O3/c1-4-6(7(16)17)13-2-5(15-4)3-14-8(18)9(10,11)12/h2H,3H2,1H3,(H,14,18)(H,16,17). The van der Waals surface area contributed by atoms with Gasteiger partial charge >= 0.3 is 18.1 Å². The molecule has 0 bridgehead atoms. The number of hydrogen-bond donors (Lipinski definition) is 2. The monoisotopic (exact) mass is 263 g/mol. The van der Waals surface area contributed by atoms with E-state index < -0.39 is 24.6 Å². The van der Waals surface area contributed by atoms with E-state index in [2.05, 4.69) is 9.97 Å². The number of carbonyl (C=O) groups is 2. The van der Waals surface area contributed by atoms with Gasteiger partial charge in [0.15, 0.2) is 5.69 Å². The number of aromatic carboxylic acids is 1. The van der Waals surface area contributed by atoms with Crippen LogP contribution in [0.5, 0.6) is 0 Å². The predicted molar refractivity (Wildman–Crippen MR) is 51.6 cm³/mol. The Hall–Kier alpha value is -2.19. The Morgan fingerprint density at radius 1 is 1.44 bits per heavy atom. The third-order valence-corrected chi connectivity index (χ3v) is 1.89. The van der Waals surface area contributed by atoms with Gasteiger partial charge in [0.25, 0.3) is 0 Å². The second-order valence-corrected chi connectivity index (χ2v) is 3.28. The number of rotatable bonds is 3. The average molecular weight is 263 g/mol. The fourth-order valence-electron chi connectivity index (χ4n) is 1.10. The van der Waals surface area contributed by atoms with Gasteiger partial charge in [-0.25, -0.2) is 9.78 Å². The van der Waals surface area contributed by atoms with Crippen LogP contribution in [0, 0.1) is 6.92 Å². The van der Waals surface area contributed by atoms with Crippen molar-refractivity contribution in [3.05, 3.63) is 23.3 Å². The first-order valence-corrected chi connectivity index (χ1v) is 4.62. The number of nitrogens with one attached hydrogen (secondary N) is 1. The number of aryl methyl sites for hydroxylation is 1. The number of carbonyl (C=O) groups excluding carboxylic acids is 1. The van der Waals surface area contributed by atoms with Gasteiger partial charge in [-0.3, -0.25) is 9.78 Å². The van der Waals surface area contributed by atoms with Gasteiger partial charge in [-0.15, -0.1) is 0 Å². The molecular weight excluding hydrogens is 255 g/mol. The molecule has 0 aliphatic heterocycles. The maximum Gasteiger partial charge on any atom is 0.471 e. The highest BCUT2D eigenvalue weighted by Crippen LogP contribution is 2.14. The summed E-state index contributed by atoms with van der Waals surface area (Å²) in [6, 6.07) is 0. The van der Waals surface area contributed by atoms with Crippen molar-refractivity contribution in [1.29, 1.82) is 0 Å². The number of halogens is 3. The summed E-state index contributed by atoms with van der Waals surface area (Å²) >= 11 is 0. The zero-order chi connectivity index (χ0) is 13.9. The van der Waals surface area contributed by atoms with Crippen LogP contribution in [0.15, 0.2) is 6.20 Å². The van der Waals surface area contributed by atoms with Crippen LogP contribution < -0.4 is 5.32 Å². The molecule has 0 atom stereocenters. The molecule has 9 heteroatoms. The van der Waals surface area contributed by atoms with E-state index in [1.807, 2.05) is 0 Å². The van der Waals surface area contributed by atoms with E-state index in [0.717, 1.165) is 6.20 Å². The second-order valence-electron chi connectivity index (χ2n) is 3.28. The van der Waals surface area contributed by atoms with Crippen molar-refractivity contribution in [2.45, 2.75) is 19.6 Å². The topological polar surface area (TPSA) is 92.2 Å². The lowest BCUT2D eigenvalue weighted by atomic mass is 10.3. The summed E-state index contributed by atoms with van der Waals surface area (Å²) in [5, 5.41) is 10.3. The minimum Gasteiger partial charge on any atom is -0.476 e. The van der Waals surface area contributed by atoms with Gasteiger partial charge in [0.1, 0.15) is 0 Å². The number of carboxylic acids is 1. The molecular formula is C9H8F3N3O3. The molecule has 1 heterocycles. The Bertz CT molecular complexity index is 488. The molecule has 0 spiro atoms. The Balaban J connectivity index is 2.73. The first kappa shape index (κ1) is 13.9. The Labute approximate surface area is 98.9 Å². The van der Waals surface area contributed by atoms with Gasteiger partial charge in [-0.2, -0.15) is 13.2 Å². The van der Waals surface area contributed by atoms with Gasteiger partial charge in [0.2, 0.25) is 0 Å². The Morgan fingerprint density at radius 3 is 2.50 bits per heavy atom. The van der Waals surface area contributed by atoms with Crippen LogP contribution in [0.1, 0.15) is 21.9 Å². The molecule has 0 aliphatic carbocycles. The average Bonchev–Trinajstić information content (AvgIpc) is 2.24. The quantitative estimate of drug-likeness (QED) is 0.835. The van der Waals surface area contributed by atoms with E-state index in [-0.39, 0.29) is 17.1 Å². The van der Waals surface area contributed by atoms with E-state index in [9.17, 15) is 22.8 Å². The van der Waals surface area contributed by atoms with Crippen LogP contribution in [0.25, 0.3) is 0 Å². The number of alkyl halides is 3. The van der Waals surface area contributed by atoms with Gasteiger partial charge in [-0.1, -0.05) is 0 Å². The van der Waals surface area contributed by atoms with Crippen molar-refractivity contribution in [2.75, 3.05) is 0 Å². The summed E-state index contributed by atoms with van der Waals surface area (Å²) < 4.78 is 35.6. The summed E-state index contributed by atoms with van der Waals surface area (Å²) in [5.41, 5.74) is -0.197.